The molecule has 0 aromatic rings. The maximum Gasteiger partial charge on any atom is 0.410 e. The normalized spacial score (nSPS) is 10.7. The zero-order valence-corrected chi connectivity index (χ0v) is 9.79. The van der Waals surface area contributed by atoms with Crippen molar-refractivity contribution in [1.82, 2.24) is 10.2 Å². The molecule has 0 aromatic carbocycles. The predicted octanol–water partition coefficient (Wildman–Crippen LogP) is 0.804. The summed E-state index contributed by atoms with van der Waals surface area (Å²) >= 11 is 0. The summed E-state index contributed by atoms with van der Waals surface area (Å²) in [6, 6.07) is 0. The average Bonchev–Trinajstić information content (AvgIpc) is 1.99. The first-order valence-electron chi connectivity index (χ1n) is 4.76. The SMILES string of the molecule is [CH2]C(=O)NCCN(C)C(=O)OC(C)(C)C. The van der Waals surface area contributed by atoms with E-state index in [-0.39, 0.29) is 5.91 Å². The van der Waals surface area contributed by atoms with Crippen LogP contribution in [0.5, 0.6) is 0 Å². The van der Waals surface area contributed by atoms with Crippen molar-refractivity contribution in [3.05, 3.63) is 6.92 Å². The summed E-state index contributed by atoms with van der Waals surface area (Å²) in [7, 11) is 1.61. The molecule has 0 saturated carbocycles. The van der Waals surface area contributed by atoms with E-state index in [1.54, 1.807) is 27.8 Å². The van der Waals surface area contributed by atoms with Crippen LogP contribution in [0.15, 0.2) is 0 Å². The van der Waals surface area contributed by atoms with E-state index >= 15 is 0 Å². The highest BCUT2D eigenvalue weighted by Crippen LogP contribution is 2.08. The Morgan fingerprint density at radius 1 is 1.40 bits per heavy atom. The van der Waals surface area contributed by atoms with Gasteiger partial charge >= 0.3 is 6.09 Å². The maximum absolute atomic E-state index is 11.4. The van der Waals surface area contributed by atoms with Crippen LogP contribution < -0.4 is 5.32 Å². The van der Waals surface area contributed by atoms with E-state index in [2.05, 4.69) is 12.2 Å². The van der Waals surface area contributed by atoms with Crippen LogP contribution in [0.3, 0.4) is 0 Å². The van der Waals surface area contributed by atoms with Gasteiger partial charge in [0.2, 0.25) is 5.91 Å². The first-order valence-corrected chi connectivity index (χ1v) is 4.76. The number of hydrogen-bond donors (Lipinski definition) is 1. The van der Waals surface area contributed by atoms with Crippen LogP contribution in [0, 0.1) is 6.92 Å². The van der Waals surface area contributed by atoms with Gasteiger partial charge in [-0.3, -0.25) is 4.79 Å². The molecular formula is C10H19N2O3. The van der Waals surface area contributed by atoms with Crippen molar-refractivity contribution in [2.24, 2.45) is 0 Å². The van der Waals surface area contributed by atoms with Crippen molar-refractivity contribution in [3.63, 3.8) is 0 Å². The lowest BCUT2D eigenvalue weighted by Gasteiger charge is -2.24. The van der Waals surface area contributed by atoms with Gasteiger partial charge in [0.25, 0.3) is 0 Å². The Kier molecular flexibility index (Phi) is 5.11. The minimum atomic E-state index is -0.499. The van der Waals surface area contributed by atoms with E-state index in [0.29, 0.717) is 13.1 Å². The Morgan fingerprint density at radius 3 is 2.33 bits per heavy atom. The Balaban J connectivity index is 3.85. The smallest absolute Gasteiger partial charge is 0.410 e. The van der Waals surface area contributed by atoms with Gasteiger partial charge in [-0.05, 0) is 20.8 Å². The fraction of sp³-hybridized carbons (Fsp3) is 0.700. The Hall–Kier alpha value is -1.26. The molecular weight excluding hydrogens is 196 g/mol. The van der Waals surface area contributed by atoms with Crippen LogP contribution in [0.1, 0.15) is 20.8 Å². The van der Waals surface area contributed by atoms with Crippen molar-refractivity contribution in [2.45, 2.75) is 26.4 Å². The van der Waals surface area contributed by atoms with E-state index in [4.69, 9.17) is 4.74 Å². The van der Waals surface area contributed by atoms with Crippen molar-refractivity contribution >= 4 is 12.0 Å². The van der Waals surface area contributed by atoms with Crippen LogP contribution in [0.2, 0.25) is 0 Å². The Bertz CT molecular complexity index is 233. The van der Waals surface area contributed by atoms with Gasteiger partial charge in [-0.1, -0.05) is 0 Å². The third-order valence-electron chi connectivity index (χ3n) is 1.47. The standard InChI is InChI=1S/C10H19N2O3/c1-8(13)11-6-7-12(5)9(14)15-10(2,3)4/h1,6-7H2,2-5H3,(H,11,13). The number of rotatable bonds is 3. The van der Waals surface area contributed by atoms with Crippen LogP contribution in [-0.2, 0) is 9.53 Å². The Labute approximate surface area is 90.8 Å². The summed E-state index contributed by atoms with van der Waals surface area (Å²) in [5.74, 6) is -0.354. The van der Waals surface area contributed by atoms with E-state index < -0.39 is 11.7 Å². The number of carbonyl (C=O) groups excluding carboxylic acids is 2. The third-order valence-corrected chi connectivity index (χ3v) is 1.47. The molecule has 5 nitrogen and oxygen atoms in total. The second-order valence-corrected chi connectivity index (χ2v) is 4.25. The molecule has 0 aromatic heterocycles. The quantitative estimate of drug-likeness (QED) is 0.757. The highest BCUT2D eigenvalue weighted by molar-refractivity contribution is 5.80. The number of likely N-dealkylation sites (N-methyl/N-ethyl adjacent to an activating group) is 1. The topological polar surface area (TPSA) is 58.6 Å². The molecule has 15 heavy (non-hydrogen) atoms. The summed E-state index contributed by atoms with van der Waals surface area (Å²) in [5.41, 5.74) is -0.499. The molecule has 0 unspecified atom stereocenters. The molecule has 0 atom stereocenters. The third kappa shape index (κ3) is 7.78. The van der Waals surface area contributed by atoms with Crippen LogP contribution in [0.4, 0.5) is 4.79 Å². The zero-order chi connectivity index (χ0) is 12.1. The van der Waals surface area contributed by atoms with Crippen LogP contribution in [-0.4, -0.2) is 42.6 Å². The van der Waals surface area contributed by atoms with Crippen molar-refractivity contribution in [3.8, 4) is 0 Å². The first kappa shape index (κ1) is 13.7. The largest absolute Gasteiger partial charge is 0.444 e. The molecule has 0 heterocycles. The van der Waals surface area contributed by atoms with Crippen molar-refractivity contribution in [1.29, 1.82) is 0 Å². The van der Waals surface area contributed by atoms with Gasteiger partial charge in [-0.15, -0.1) is 0 Å². The van der Waals surface area contributed by atoms with Gasteiger partial charge in [0.05, 0.1) is 0 Å². The summed E-state index contributed by atoms with van der Waals surface area (Å²) in [5, 5.41) is 2.49. The van der Waals surface area contributed by atoms with Gasteiger partial charge in [0.1, 0.15) is 5.60 Å². The second-order valence-electron chi connectivity index (χ2n) is 4.25. The molecule has 0 bridgehead atoms. The van der Waals surface area contributed by atoms with Gasteiger partial charge < -0.3 is 15.0 Å². The lowest BCUT2D eigenvalue weighted by atomic mass is 10.2. The molecule has 0 aliphatic rings. The van der Waals surface area contributed by atoms with E-state index in [1.807, 2.05) is 0 Å². The molecule has 1 N–H and O–H groups in total. The first-order chi connectivity index (χ1) is 6.72. The lowest BCUT2D eigenvalue weighted by Crippen LogP contribution is -2.38. The van der Waals surface area contributed by atoms with Gasteiger partial charge in [-0.2, -0.15) is 0 Å². The highest BCUT2D eigenvalue weighted by Gasteiger charge is 2.18. The molecule has 1 radical (unpaired) electrons. The lowest BCUT2D eigenvalue weighted by molar-refractivity contribution is -0.116. The summed E-state index contributed by atoms with van der Waals surface area (Å²) in [4.78, 5) is 23.3. The number of nitrogens with one attached hydrogen (secondary N) is 1. The molecule has 0 aliphatic heterocycles. The number of amides is 2. The minimum Gasteiger partial charge on any atom is -0.444 e. The molecule has 0 saturated heterocycles. The van der Waals surface area contributed by atoms with Gasteiger partial charge in [0, 0.05) is 27.1 Å². The van der Waals surface area contributed by atoms with E-state index in [0.717, 1.165) is 0 Å². The number of nitrogens with zero attached hydrogens (tertiary/aromatic N) is 1. The molecule has 5 heteroatoms. The summed E-state index contributed by atoms with van der Waals surface area (Å²) in [6.45, 7) is 9.33. The van der Waals surface area contributed by atoms with Crippen LogP contribution >= 0.6 is 0 Å². The summed E-state index contributed by atoms with van der Waals surface area (Å²) < 4.78 is 5.12. The number of hydrogen-bond acceptors (Lipinski definition) is 3. The Morgan fingerprint density at radius 2 is 1.93 bits per heavy atom. The average molecular weight is 215 g/mol. The fourth-order valence-corrected chi connectivity index (χ4v) is 0.794. The molecule has 0 fully saturated rings. The van der Waals surface area contributed by atoms with E-state index in [9.17, 15) is 9.59 Å². The molecule has 0 spiro atoms. The monoisotopic (exact) mass is 215 g/mol. The number of ether oxygens (including phenoxy) is 1. The van der Waals surface area contributed by atoms with E-state index in [1.165, 1.54) is 4.90 Å². The predicted molar refractivity (Wildman–Crippen MR) is 57.2 cm³/mol. The molecule has 87 valence electrons. The van der Waals surface area contributed by atoms with Gasteiger partial charge in [0.15, 0.2) is 0 Å². The molecule has 2 amide bonds. The van der Waals surface area contributed by atoms with Crippen LogP contribution in [0.25, 0.3) is 0 Å². The number of carbonyl (C=O) groups is 2. The van der Waals surface area contributed by atoms with Crippen molar-refractivity contribution in [2.75, 3.05) is 20.1 Å². The summed E-state index contributed by atoms with van der Waals surface area (Å²) in [6.07, 6.45) is -0.402. The maximum atomic E-state index is 11.4. The molecule has 0 aliphatic carbocycles. The second kappa shape index (κ2) is 5.58. The highest BCUT2D eigenvalue weighted by atomic mass is 16.6. The van der Waals surface area contributed by atoms with Crippen molar-refractivity contribution < 1.29 is 14.3 Å². The fourth-order valence-electron chi connectivity index (χ4n) is 0.794. The van der Waals surface area contributed by atoms with Gasteiger partial charge in [-0.25, -0.2) is 4.79 Å². The zero-order valence-electron chi connectivity index (χ0n) is 9.79. The minimum absolute atomic E-state index is 0.354. The molecule has 0 rings (SSSR count).